The average Bonchev–Trinajstić information content (AvgIpc) is 2.30. The third kappa shape index (κ3) is 3.51. The fourth-order valence-electron chi connectivity index (χ4n) is 1.32. The summed E-state index contributed by atoms with van der Waals surface area (Å²) in [6, 6.07) is 2.63. The molecule has 0 unspecified atom stereocenters. The molecule has 1 amide bonds. The van der Waals surface area contributed by atoms with Crippen molar-refractivity contribution in [2.45, 2.75) is 6.92 Å². The van der Waals surface area contributed by atoms with Crippen molar-refractivity contribution in [3.63, 3.8) is 0 Å². The van der Waals surface area contributed by atoms with E-state index in [0.29, 0.717) is 12.3 Å². The van der Waals surface area contributed by atoms with Crippen molar-refractivity contribution in [1.29, 1.82) is 0 Å². The minimum absolute atomic E-state index is 0.0917. The van der Waals surface area contributed by atoms with Crippen LogP contribution in [0.15, 0.2) is 12.1 Å². The Morgan fingerprint density at radius 2 is 2.17 bits per heavy atom. The monoisotopic (exact) mass is 255 g/mol. The zero-order valence-corrected chi connectivity index (χ0v) is 10.8. The molecule has 18 heavy (non-hydrogen) atoms. The first-order chi connectivity index (χ1) is 8.45. The van der Waals surface area contributed by atoms with Crippen LogP contribution in [-0.4, -0.2) is 38.1 Å². The lowest BCUT2D eigenvalue weighted by atomic mass is 10.2. The molecular weight excluding hydrogens is 237 g/mol. The minimum Gasteiger partial charge on any atom is -0.491 e. The number of hydrogen-bond donors (Lipinski definition) is 2. The number of ether oxygens (including phenoxy) is 1. The van der Waals surface area contributed by atoms with Gasteiger partial charge in [-0.2, -0.15) is 0 Å². The van der Waals surface area contributed by atoms with Crippen molar-refractivity contribution in [2.24, 2.45) is 0 Å². The van der Waals surface area contributed by atoms with Crippen molar-refractivity contribution in [1.82, 2.24) is 4.90 Å². The Morgan fingerprint density at radius 3 is 2.72 bits per heavy atom. The lowest BCUT2D eigenvalue weighted by molar-refractivity contribution is -0.126. The van der Waals surface area contributed by atoms with Gasteiger partial charge in [0.1, 0.15) is 0 Å². The number of nitrogens with one attached hydrogen (secondary N) is 1. The Morgan fingerprint density at radius 1 is 1.50 bits per heavy atom. The molecule has 0 aliphatic rings. The van der Waals surface area contributed by atoms with Gasteiger partial charge in [0.2, 0.25) is 5.91 Å². The van der Waals surface area contributed by atoms with Crippen molar-refractivity contribution in [3.05, 3.63) is 17.9 Å². The van der Waals surface area contributed by atoms with Gasteiger partial charge in [0.15, 0.2) is 11.6 Å². The van der Waals surface area contributed by atoms with E-state index in [0.717, 1.165) is 0 Å². The Kier molecular flexibility index (Phi) is 4.76. The van der Waals surface area contributed by atoms with Crippen LogP contribution in [0.2, 0.25) is 0 Å². The topological polar surface area (TPSA) is 67.6 Å². The lowest BCUT2D eigenvalue weighted by Crippen LogP contribution is -2.28. The maximum atomic E-state index is 13.4. The molecule has 1 aromatic carbocycles. The summed E-state index contributed by atoms with van der Waals surface area (Å²) in [5.74, 6) is -0.498. The molecule has 3 N–H and O–H groups in total. The van der Waals surface area contributed by atoms with Crippen LogP contribution < -0.4 is 15.8 Å². The largest absolute Gasteiger partial charge is 0.491 e. The average molecular weight is 255 g/mol. The molecule has 0 aromatic heterocycles. The Hall–Kier alpha value is -1.98. The van der Waals surface area contributed by atoms with E-state index < -0.39 is 5.82 Å². The third-order valence-electron chi connectivity index (χ3n) is 2.33. The van der Waals surface area contributed by atoms with Crippen molar-refractivity contribution >= 4 is 17.3 Å². The molecule has 0 aliphatic heterocycles. The van der Waals surface area contributed by atoms with Crippen LogP contribution in [0.25, 0.3) is 0 Å². The minimum atomic E-state index is -0.515. The lowest BCUT2D eigenvalue weighted by Gasteiger charge is -2.14. The van der Waals surface area contributed by atoms with E-state index in [2.05, 4.69) is 5.32 Å². The molecule has 0 fully saturated rings. The first-order valence-electron chi connectivity index (χ1n) is 5.61. The number of rotatable bonds is 5. The van der Waals surface area contributed by atoms with Gasteiger partial charge in [0.05, 0.1) is 24.5 Å². The molecule has 1 rings (SSSR count). The molecule has 0 atom stereocenters. The number of halogens is 1. The number of carbonyl (C=O) groups excluding carboxylic acids is 1. The van der Waals surface area contributed by atoms with Crippen LogP contribution in [-0.2, 0) is 4.79 Å². The number of hydrogen-bond acceptors (Lipinski definition) is 4. The zero-order valence-electron chi connectivity index (χ0n) is 10.8. The van der Waals surface area contributed by atoms with Crippen molar-refractivity contribution in [2.75, 3.05) is 38.3 Å². The van der Waals surface area contributed by atoms with E-state index in [-0.39, 0.29) is 23.9 Å². The van der Waals surface area contributed by atoms with Crippen LogP contribution in [0.1, 0.15) is 6.92 Å². The second-order valence-corrected chi connectivity index (χ2v) is 3.94. The maximum Gasteiger partial charge on any atom is 0.241 e. The van der Waals surface area contributed by atoms with E-state index in [4.69, 9.17) is 10.5 Å². The van der Waals surface area contributed by atoms with Crippen LogP contribution in [0.3, 0.4) is 0 Å². The molecule has 0 aliphatic carbocycles. The van der Waals surface area contributed by atoms with Gasteiger partial charge >= 0.3 is 0 Å². The molecule has 0 bridgehead atoms. The second kappa shape index (κ2) is 6.09. The number of nitrogens with zero attached hydrogens (tertiary/aromatic N) is 1. The number of nitrogen functional groups attached to an aromatic ring is 1. The molecule has 0 saturated heterocycles. The highest BCUT2D eigenvalue weighted by molar-refractivity contribution is 5.82. The highest BCUT2D eigenvalue weighted by atomic mass is 19.1. The highest BCUT2D eigenvalue weighted by Gasteiger charge is 2.10. The molecule has 1 aromatic rings. The summed E-state index contributed by atoms with van der Waals surface area (Å²) in [5.41, 5.74) is 6.39. The van der Waals surface area contributed by atoms with Gasteiger partial charge in [0, 0.05) is 26.2 Å². The fraction of sp³-hybridized carbons (Fsp3) is 0.417. The maximum absolute atomic E-state index is 13.4. The number of carbonyl (C=O) groups is 1. The summed E-state index contributed by atoms with van der Waals surface area (Å²) in [6.45, 7) is 2.21. The third-order valence-corrected chi connectivity index (χ3v) is 2.33. The van der Waals surface area contributed by atoms with Gasteiger partial charge in [-0.05, 0) is 6.92 Å². The molecular formula is C12H18FN3O2. The number of anilines is 2. The van der Waals surface area contributed by atoms with E-state index in [1.165, 1.54) is 17.0 Å². The highest BCUT2D eigenvalue weighted by Crippen LogP contribution is 2.28. The molecule has 0 heterocycles. The molecule has 100 valence electrons. The predicted octanol–water partition coefficient (Wildman–Crippen LogP) is 1.31. The Bertz CT molecular complexity index is 436. The van der Waals surface area contributed by atoms with Gasteiger partial charge < -0.3 is 20.7 Å². The summed E-state index contributed by atoms with van der Waals surface area (Å²) in [5, 5.41) is 2.86. The predicted molar refractivity (Wildman–Crippen MR) is 69.2 cm³/mol. The smallest absolute Gasteiger partial charge is 0.241 e. The number of nitrogens with two attached hydrogens (primary N) is 1. The Balaban J connectivity index is 2.82. The molecule has 6 heteroatoms. The first kappa shape index (κ1) is 14.1. The molecule has 0 saturated carbocycles. The molecule has 5 nitrogen and oxygen atoms in total. The SMILES string of the molecule is CCOc1cc(NCC(=O)N(C)C)c(N)cc1F. The summed E-state index contributed by atoms with van der Waals surface area (Å²) in [7, 11) is 3.31. The summed E-state index contributed by atoms with van der Waals surface area (Å²) in [6.07, 6.45) is 0. The normalized spacial score (nSPS) is 10.0. The van der Waals surface area contributed by atoms with E-state index in [9.17, 15) is 9.18 Å². The standard InChI is InChI=1S/C12H18FN3O2/c1-4-18-11-6-10(9(14)5-8(11)13)15-7-12(17)16(2)3/h5-6,15H,4,7,14H2,1-3H3. The van der Waals surface area contributed by atoms with Crippen LogP contribution in [0.4, 0.5) is 15.8 Å². The summed E-state index contributed by atoms with van der Waals surface area (Å²) >= 11 is 0. The second-order valence-electron chi connectivity index (χ2n) is 3.94. The quantitative estimate of drug-likeness (QED) is 0.778. The summed E-state index contributed by atoms with van der Waals surface area (Å²) < 4.78 is 18.6. The number of amides is 1. The van der Waals surface area contributed by atoms with E-state index >= 15 is 0 Å². The fourth-order valence-corrected chi connectivity index (χ4v) is 1.32. The molecule has 0 spiro atoms. The zero-order chi connectivity index (χ0) is 13.7. The van der Waals surface area contributed by atoms with Crippen LogP contribution in [0, 0.1) is 5.82 Å². The van der Waals surface area contributed by atoms with Gasteiger partial charge in [-0.15, -0.1) is 0 Å². The molecule has 0 radical (unpaired) electrons. The van der Waals surface area contributed by atoms with Crippen molar-refractivity contribution < 1.29 is 13.9 Å². The van der Waals surface area contributed by atoms with E-state index in [1.54, 1.807) is 21.0 Å². The number of likely N-dealkylation sites (N-methyl/N-ethyl adjacent to an activating group) is 1. The van der Waals surface area contributed by atoms with Gasteiger partial charge in [-0.3, -0.25) is 4.79 Å². The van der Waals surface area contributed by atoms with Gasteiger partial charge in [-0.1, -0.05) is 0 Å². The van der Waals surface area contributed by atoms with Gasteiger partial charge in [0.25, 0.3) is 0 Å². The van der Waals surface area contributed by atoms with Gasteiger partial charge in [-0.25, -0.2) is 4.39 Å². The Labute approximate surface area is 106 Å². The van der Waals surface area contributed by atoms with Crippen LogP contribution >= 0.6 is 0 Å². The number of benzene rings is 1. The summed E-state index contributed by atoms with van der Waals surface area (Å²) in [4.78, 5) is 12.9. The van der Waals surface area contributed by atoms with Crippen LogP contribution in [0.5, 0.6) is 5.75 Å². The van der Waals surface area contributed by atoms with E-state index in [1.807, 2.05) is 0 Å². The first-order valence-corrected chi connectivity index (χ1v) is 5.61. The van der Waals surface area contributed by atoms with Crippen molar-refractivity contribution in [3.8, 4) is 5.75 Å².